The van der Waals surface area contributed by atoms with Crippen LogP contribution in [0.4, 0.5) is 0 Å². The molecule has 1 heterocycles. The first-order valence-electron chi connectivity index (χ1n) is 8.13. The number of H-pyrrole nitrogens is 1. The van der Waals surface area contributed by atoms with Gasteiger partial charge in [-0.1, -0.05) is 18.2 Å². The van der Waals surface area contributed by atoms with Gasteiger partial charge in [-0.25, -0.2) is 0 Å². The van der Waals surface area contributed by atoms with E-state index in [1.807, 2.05) is 49.4 Å². The van der Waals surface area contributed by atoms with E-state index in [1.54, 1.807) is 0 Å². The minimum atomic E-state index is 0.156. The Kier molecular flexibility index (Phi) is 3.41. The van der Waals surface area contributed by atoms with Crippen molar-refractivity contribution in [3.05, 3.63) is 69.5 Å². The van der Waals surface area contributed by atoms with Crippen LogP contribution in [0.25, 0.3) is 10.9 Å². The molecule has 0 saturated carbocycles. The maximum Gasteiger partial charge on any atom is 0.192 e. The summed E-state index contributed by atoms with van der Waals surface area (Å²) in [7, 11) is 0. The summed E-state index contributed by atoms with van der Waals surface area (Å²) in [5.74, 6) is 1.52. The molecule has 1 aliphatic rings. The number of hydrogen-bond acceptors (Lipinski definition) is 2. The SMILES string of the molecule is Cc1ccccc1Oc1ccc2[nH]c3c(c(=O)c2c1)CCCC3. The molecule has 4 rings (SSSR count). The molecule has 1 N–H and O–H groups in total. The van der Waals surface area contributed by atoms with Gasteiger partial charge in [-0.3, -0.25) is 4.79 Å². The highest BCUT2D eigenvalue weighted by Crippen LogP contribution is 2.27. The number of rotatable bonds is 2. The number of aryl methyl sites for hydroxylation is 2. The molecule has 3 aromatic rings. The molecule has 3 heteroatoms. The molecule has 2 aromatic carbocycles. The van der Waals surface area contributed by atoms with Crippen molar-refractivity contribution in [3.8, 4) is 11.5 Å². The van der Waals surface area contributed by atoms with E-state index in [9.17, 15) is 4.79 Å². The predicted molar refractivity (Wildman–Crippen MR) is 92.5 cm³/mol. The van der Waals surface area contributed by atoms with Gasteiger partial charge in [0.05, 0.1) is 0 Å². The third kappa shape index (κ3) is 2.52. The first-order chi connectivity index (χ1) is 11.2. The zero-order valence-electron chi connectivity index (χ0n) is 13.2. The van der Waals surface area contributed by atoms with E-state index < -0.39 is 0 Å². The maximum absolute atomic E-state index is 12.8. The van der Waals surface area contributed by atoms with Crippen LogP contribution in [0.3, 0.4) is 0 Å². The molecule has 0 aliphatic heterocycles. The topological polar surface area (TPSA) is 42.1 Å². The number of aromatic nitrogens is 1. The molecular formula is C20H19NO2. The first kappa shape index (κ1) is 14.1. The number of ether oxygens (including phenoxy) is 1. The third-order valence-corrected chi connectivity index (χ3v) is 4.58. The number of fused-ring (bicyclic) bond motifs is 2. The fourth-order valence-electron chi connectivity index (χ4n) is 3.30. The fourth-order valence-corrected chi connectivity index (χ4v) is 3.30. The molecule has 0 amide bonds. The second-order valence-electron chi connectivity index (χ2n) is 6.19. The molecule has 116 valence electrons. The summed E-state index contributed by atoms with van der Waals surface area (Å²) in [6, 6.07) is 13.6. The van der Waals surface area contributed by atoms with Gasteiger partial charge in [-0.05, 0) is 62.4 Å². The van der Waals surface area contributed by atoms with Crippen LogP contribution in [0.15, 0.2) is 47.3 Å². The highest BCUT2D eigenvalue weighted by molar-refractivity contribution is 5.81. The molecular weight excluding hydrogens is 286 g/mol. The molecule has 0 spiro atoms. The van der Waals surface area contributed by atoms with E-state index in [0.29, 0.717) is 5.75 Å². The Morgan fingerprint density at radius 3 is 2.74 bits per heavy atom. The zero-order chi connectivity index (χ0) is 15.8. The predicted octanol–water partition coefficient (Wildman–Crippen LogP) is 4.51. The number of benzene rings is 2. The Morgan fingerprint density at radius 1 is 1.04 bits per heavy atom. The highest BCUT2D eigenvalue weighted by atomic mass is 16.5. The first-order valence-corrected chi connectivity index (χ1v) is 8.13. The van der Waals surface area contributed by atoms with Crippen molar-refractivity contribution < 1.29 is 4.74 Å². The van der Waals surface area contributed by atoms with Crippen LogP contribution in [0.1, 0.15) is 29.7 Å². The van der Waals surface area contributed by atoms with Crippen LogP contribution in [-0.2, 0) is 12.8 Å². The van der Waals surface area contributed by atoms with E-state index in [2.05, 4.69) is 4.98 Å². The molecule has 0 saturated heterocycles. The maximum atomic E-state index is 12.8. The lowest BCUT2D eigenvalue weighted by atomic mass is 9.94. The van der Waals surface area contributed by atoms with Crippen molar-refractivity contribution in [1.82, 2.24) is 4.98 Å². The van der Waals surface area contributed by atoms with E-state index in [4.69, 9.17) is 4.74 Å². The lowest BCUT2D eigenvalue weighted by Gasteiger charge is -2.16. The quantitative estimate of drug-likeness (QED) is 0.757. The van der Waals surface area contributed by atoms with Crippen molar-refractivity contribution in [3.63, 3.8) is 0 Å². The molecule has 23 heavy (non-hydrogen) atoms. The van der Waals surface area contributed by atoms with Gasteiger partial charge in [-0.15, -0.1) is 0 Å². The molecule has 0 fully saturated rings. The smallest absolute Gasteiger partial charge is 0.192 e. The molecule has 1 aliphatic carbocycles. The lowest BCUT2D eigenvalue weighted by molar-refractivity contribution is 0.479. The van der Waals surface area contributed by atoms with E-state index in [1.165, 1.54) is 0 Å². The van der Waals surface area contributed by atoms with E-state index >= 15 is 0 Å². The average molecular weight is 305 g/mol. The third-order valence-electron chi connectivity index (χ3n) is 4.58. The van der Waals surface area contributed by atoms with Gasteiger partial charge >= 0.3 is 0 Å². The number of para-hydroxylation sites is 1. The summed E-state index contributed by atoms with van der Waals surface area (Å²) in [6.07, 6.45) is 4.11. The van der Waals surface area contributed by atoms with Crippen LogP contribution < -0.4 is 10.2 Å². The van der Waals surface area contributed by atoms with Gasteiger partial charge in [0.2, 0.25) is 0 Å². The second-order valence-corrected chi connectivity index (χ2v) is 6.19. The standard InChI is InChI=1S/C20H19NO2/c1-13-6-2-5-9-19(13)23-14-10-11-18-16(12-14)20(22)15-7-3-4-8-17(15)21-18/h2,5-6,9-12H,3-4,7-8H2,1H3,(H,21,22). The van der Waals surface area contributed by atoms with E-state index in [-0.39, 0.29) is 5.43 Å². The van der Waals surface area contributed by atoms with Crippen LogP contribution in [0.5, 0.6) is 11.5 Å². The largest absolute Gasteiger partial charge is 0.457 e. The van der Waals surface area contributed by atoms with Crippen LogP contribution in [0.2, 0.25) is 0 Å². The number of nitrogens with one attached hydrogen (secondary N) is 1. The van der Waals surface area contributed by atoms with Gasteiger partial charge in [-0.2, -0.15) is 0 Å². The van der Waals surface area contributed by atoms with Gasteiger partial charge in [0, 0.05) is 22.2 Å². The molecule has 0 bridgehead atoms. The average Bonchev–Trinajstić information content (AvgIpc) is 2.58. The Bertz CT molecular complexity index is 940. The summed E-state index contributed by atoms with van der Waals surface area (Å²) < 4.78 is 5.96. The Hall–Kier alpha value is -2.55. The molecule has 1 aromatic heterocycles. The number of hydrogen-bond donors (Lipinski definition) is 1. The van der Waals surface area contributed by atoms with Gasteiger partial charge in [0.25, 0.3) is 0 Å². The summed E-state index contributed by atoms with van der Waals surface area (Å²) in [6.45, 7) is 2.01. The normalized spacial score (nSPS) is 13.8. The van der Waals surface area contributed by atoms with Gasteiger partial charge in [0.15, 0.2) is 5.43 Å². The Morgan fingerprint density at radius 2 is 1.87 bits per heavy atom. The van der Waals surface area contributed by atoms with Gasteiger partial charge in [0.1, 0.15) is 11.5 Å². The summed E-state index contributed by atoms with van der Waals surface area (Å²) in [5, 5.41) is 0.719. The van der Waals surface area contributed by atoms with Crippen molar-refractivity contribution in [1.29, 1.82) is 0 Å². The lowest BCUT2D eigenvalue weighted by Crippen LogP contribution is -2.18. The van der Waals surface area contributed by atoms with Crippen LogP contribution in [0, 0.1) is 6.92 Å². The highest BCUT2D eigenvalue weighted by Gasteiger charge is 2.16. The van der Waals surface area contributed by atoms with E-state index in [0.717, 1.165) is 59.2 Å². The van der Waals surface area contributed by atoms with Crippen molar-refractivity contribution in [2.24, 2.45) is 0 Å². The Balaban J connectivity index is 1.80. The fraction of sp³-hybridized carbons (Fsp3) is 0.250. The second kappa shape index (κ2) is 5.58. The van der Waals surface area contributed by atoms with Crippen LogP contribution >= 0.6 is 0 Å². The number of aromatic amines is 1. The molecule has 0 radical (unpaired) electrons. The molecule has 3 nitrogen and oxygen atoms in total. The molecule has 0 unspecified atom stereocenters. The summed E-state index contributed by atoms with van der Waals surface area (Å²) in [4.78, 5) is 16.2. The zero-order valence-corrected chi connectivity index (χ0v) is 13.2. The minimum Gasteiger partial charge on any atom is -0.457 e. The summed E-state index contributed by atoms with van der Waals surface area (Å²) >= 11 is 0. The van der Waals surface area contributed by atoms with Gasteiger partial charge < -0.3 is 9.72 Å². The number of pyridine rings is 1. The minimum absolute atomic E-state index is 0.156. The molecule has 0 atom stereocenters. The monoisotopic (exact) mass is 305 g/mol. The summed E-state index contributed by atoms with van der Waals surface area (Å²) in [5.41, 5.74) is 4.20. The van der Waals surface area contributed by atoms with Crippen molar-refractivity contribution in [2.45, 2.75) is 32.6 Å². The Labute approximate surface area is 134 Å². The van der Waals surface area contributed by atoms with Crippen molar-refractivity contribution in [2.75, 3.05) is 0 Å². The van der Waals surface area contributed by atoms with Crippen LogP contribution in [-0.4, -0.2) is 4.98 Å². The van der Waals surface area contributed by atoms with Crippen molar-refractivity contribution >= 4 is 10.9 Å².